The number of anilines is 1. The molecular weight excluding hydrogens is 392 g/mol. The number of sulfonamides is 1. The Morgan fingerprint density at radius 2 is 1.54 bits per heavy atom. The fourth-order valence-electron chi connectivity index (χ4n) is 2.59. The number of nitrogens with zero attached hydrogens (tertiary/aromatic N) is 1. The summed E-state index contributed by atoms with van der Waals surface area (Å²) in [5.41, 5.74) is 1.09. The van der Waals surface area contributed by atoms with E-state index in [0.717, 1.165) is 17.3 Å². The molecule has 126 valence electrons. The third-order valence-electron chi connectivity index (χ3n) is 3.92. The minimum atomic E-state index is -3.43. The van der Waals surface area contributed by atoms with Gasteiger partial charge in [0.15, 0.2) is 0 Å². The molecule has 1 amide bonds. The zero-order chi connectivity index (χ0) is 17.2. The minimum absolute atomic E-state index is 0.238. The van der Waals surface area contributed by atoms with Crippen molar-refractivity contribution in [2.75, 3.05) is 18.4 Å². The van der Waals surface area contributed by atoms with Gasteiger partial charge in [-0.3, -0.25) is 4.79 Å². The summed E-state index contributed by atoms with van der Waals surface area (Å²) >= 11 is 3.32. The number of halogens is 1. The van der Waals surface area contributed by atoms with Crippen LogP contribution in [0, 0.1) is 0 Å². The molecule has 0 unspecified atom stereocenters. The van der Waals surface area contributed by atoms with E-state index in [1.165, 1.54) is 16.4 Å². The van der Waals surface area contributed by atoms with Gasteiger partial charge in [0.25, 0.3) is 5.91 Å². The van der Waals surface area contributed by atoms with Crippen molar-refractivity contribution in [2.45, 2.75) is 17.7 Å². The van der Waals surface area contributed by atoms with E-state index in [2.05, 4.69) is 21.2 Å². The quantitative estimate of drug-likeness (QED) is 0.841. The van der Waals surface area contributed by atoms with Crippen LogP contribution in [0.5, 0.6) is 0 Å². The Balaban J connectivity index is 1.72. The fraction of sp³-hybridized carbons (Fsp3) is 0.235. The molecule has 3 rings (SSSR count). The molecule has 1 aliphatic rings. The van der Waals surface area contributed by atoms with Gasteiger partial charge in [-0.05, 0) is 61.4 Å². The van der Waals surface area contributed by atoms with Gasteiger partial charge in [-0.15, -0.1) is 0 Å². The molecule has 0 aromatic heterocycles. The summed E-state index contributed by atoms with van der Waals surface area (Å²) in [5, 5.41) is 2.76. The molecule has 1 fully saturated rings. The molecule has 0 saturated carbocycles. The zero-order valence-corrected chi connectivity index (χ0v) is 15.3. The zero-order valence-electron chi connectivity index (χ0n) is 12.9. The Hall–Kier alpha value is -1.70. The van der Waals surface area contributed by atoms with E-state index < -0.39 is 10.0 Å². The molecule has 1 heterocycles. The second-order valence-electron chi connectivity index (χ2n) is 5.60. The number of nitrogens with one attached hydrogen (secondary N) is 1. The summed E-state index contributed by atoms with van der Waals surface area (Å²) in [5.74, 6) is -0.238. The number of hydrogen-bond donors (Lipinski definition) is 1. The molecular formula is C17H17BrN2O3S. The lowest BCUT2D eigenvalue weighted by molar-refractivity contribution is 0.102. The Morgan fingerprint density at radius 3 is 2.12 bits per heavy atom. The molecule has 2 aromatic carbocycles. The predicted octanol–water partition coefficient (Wildman–Crippen LogP) is 3.49. The molecule has 0 atom stereocenters. The third-order valence-corrected chi connectivity index (χ3v) is 6.36. The van der Waals surface area contributed by atoms with Gasteiger partial charge in [0.2, 0.25) is 10.0 Å². The van der Waals surface area contributed by atoms with Crippen LogP contribution < -0.4 is 5.32 Å². The lowest BCUT2D eigenvalue weighted by Crippen LogP contribution is -2.27. The van der Waals surface area contributed by atoms with Crippen LogP contribution in [0.25, 0.3) is 0 Å². The largest absolute Gasteiger partial charge is 0.322 e. The van der Waals surface area contributed by atoms with E-state index in [1.54, 1.807) is 36.4 Å². The van der Waals surface area contributed by atoms with Gasteiger partial charge in [0.1, 0.15) is 0 Å². The molecule has 0 bridgehead atoms. The molecule has 1 saturated heterocycles. The molecule has 0 radical (unpaired) electrons. The molecule has 0 spiro atoms. The number of hydrogen-bond acceptors (Lipinski definition) is 3. The first-order chi connectivity index (χ1) is 11.5. The van der Waals surface area contributed by atoms with E-state index in [9.17, 15) is 13.2 Å². The van der Waals surface area contributed by atoms with Gasteiger partial charge in [-0.25, -0.2) is 8.42 Å². The second kappa shape index (κ2) is 7.04. The van der Waals surface area contributed by atoms with Crippen LogP contribution in [-0.4, -0.2) is 31.7 Å². The molecule has 2 aromatic rings. The summed E-state index contributed by atoms with van der Waals surface area (Å²) in [4.78, 5) is 12.4. The van der Waals surface area contributed by atoms with Crippen LogP contribution >= 0.6 is 15.9 Å². The Morgan fingerprint density at radius 1 is 0.958 bits per heavy atom. The molecule has 7 heteroatoms. The van der Waals surface area contributed by atoms with Crippen LogP contribution in [0.3, 0.4) is 0 Å². The van der Waals surface area contributed by atoms with Crippen molar-refractivity contribution >= 4 is 37.5 Å². The Labute approximate surface area is 149 Å². The maximum atomic E-state index is 12.5. The van der Waals surface area contributed by atoms with Gasteiger partial charge in [0, 0.05) is 28.8 Å². The molecule has 1 N–H and O–H groups in total. The van der Waals surface area contributed by atoms with Gasteiger partial charge in [-0.2, -0.15) is 4.31 Å². The average molecular weight is 409 g/mol. The van der Waals surface area contributed by atoms with Crippen molar-refractivity contribution in [3.05, 3.63) is 58.6 Å². The number of rotatable bonds is 4. The van der Waals surface area contributed by atoms with Gasteiger partial charge in [0.05, 0.1) is 4.90 Å². The molecule has 24 heavy (non-hydrogen) atoms. The highest BCUT2D eigenvalue weighted by atomic mass is 79.9. The minimum Gasteiger partial charge on any atom is -0.322 e. The van der Waals surface area contributed by atoms with Crippen molar-refractivity contribution < 1.29 is 13.2 Å². The summed E-state index contributed by atoms with van der Waals surface area (Å²) in [6.07, 6.45) is 1.81. The highest BCUT2D eigenvalue weighted by Gasteiger charge is 2.26. The normalized spacial score (nSPS) is 15.4. The Kier molecular flexibility index (Phi) is 5.03. The van der Waals surface area contributed by atoms with Gasteiger partial charge < -0.3 is 5.32 Å². The van der Waals surface area contributed by atoms with Crippen molar-refractivity contribution in [1.29, 1.82) is 0 Å². The number of carbonyl (C=O) groups excluding carboxylic acids is 1. The summed E-state index contributed by atoms with van der Waals surface area (Å²) < 4.78 is 27.3. The van der Waals surface area contributed by atoms with Crippen LogP contribution in [0.15, 0.2) is 57.9 Å². The average Bonchev–Trinajstić information content (AvgIpc) is 3.11. The van der Waals surface area contributed by atoms with E-state index in [1.807, 2.05) is 0 Å². The van der Waals surface area contributed by atoms with Crippen LogP contribution in [0.4, 0.5) is 5.69 Å². The van der Waals surface area contributed by atoms with Gasteiger partial charge >= 0.3 is 0 Å². The highest BCUT2D eigenvalue weighted by Crippen LogP contribution is 2.22. The highest BCUT2D eigenvalue weighted by molar-refractivity contribution is 9.10. The van der Waals surface area contributed by atoms with Crippen molar-refractivity contribution in [2.24, 2.45) is 0 Å². The fourth-order valence-corrected chi connectivity index (χ4v) is 4.37. The molecule has 1 aliphatic heterocycles. The van der Waals surface area contributed by atoms with E-state index in [4.69, 9.17) is 0 Å². The SMILES string of the molecule is O=C(Nc1ccc(S(=O)(=O)N2CCCC2)cc1)c1ccc(Br)cc1. The van der Waals surface area contributed by atoms with Gasteiger partial charge in [-0.1, -0.05) is 15.9 Å². The van der Waals surface area contributed by atoms with Crippen molar-refractivity contribution in [1.82, 2.24) is 4.31 Å². The number of carbonyl (C=O) groups is 1. The van der Waals surface area contributed by atoms with Crippen molar-refractivity contribution in [3.63, 3.8) is 0 Å². The van der Waals surface area contributed by atoms with Crippen LogP contribution in [-0.2, 0) is 10.0 Å². The first-order valence-corrected chi connectivity index (χ1v) is 9.87. The molecule has 5 nitrogen and oxygen atoms in total. The maximum absolute atomic E-state index is 12.5. The lowest BCUT2D eigenvalue weighted by atomic mass is 10.2. The van der Waals surface area contributed by atoms with E-state index in [0.29, 0.717) is 24.3 Å². The lowest BCUT2D eigenvalue weighted by Gasteiger charge is -2.15. The monoisotopic (exact) mass is 408 g/mol. The van der Waals surface area contributed by atoms with E-state index >= 15 is 0 Å². The maximum Gasteiger partial charge on any atom is 0.255 e. The number of amides is 1. The topological polar surface area (TPSA) is 66.5 Å². The first kappa shape index (κ1) is 17.1. The standard InChI is InChI=1S/C17H17BrN2O3S/c18-14-5-3-13(4-6-14)17(21)19-15-7-9-16(10-8-15)24(22,23)20-11-1-2-12-20/h3-10H,1-2,11-12H2,(H,19,21). The second-order valence-corrected chi connectivity index (χ2v) is 8.45. The van der Waals surface area contributed by atoms with Crippen molar-refractivity contribution in [3.8, 4) is 0 Å². The summed E-state index contributed by atoms with van der Waals surface area (Å²) in [6.45, 7) is 1.15. The number of benzene rings is 2. The summed E-state index contributed by atoms with van der Waals surface area (Å²) in [6, 6.07) is 13.3. The van der Waals surface area contributed by atoms with Crippen LogP contribution in [0.2, 0.25) is 0 Å². The van der Waals surface area contributed by atoms with Crippen LogP contribution in [0.1, 0.15) is 23.2 Å². The molecule has 0 aliphatic carbocycles. The first-order valence-electron chi connectivity index (χ1n) is 7.64. The van der Waals surface area contributed by atoms with E-state index in [-0.39, 0.29) is 10.8 Å². The smallest absolute Gasteiger partial charge is 0.255 e. The summed E-state index contributed by atoms with van der Waals surface area (Å²) in [7, 11) is -3.43. The predicted molar refractivity (Wildman–Crippen MR) is 96.5 cm³/mol. The Bertz CT molecular complexity index is 827. The third kappa shape index (κ3) is 3.68.